The van der Waals surface area contributed by atoms with Crippen LogP contribution in [-0.4, -0.2) is 28.7 Å². The Balaban J connectivity index is 2.71. The van der Waals surface area contributed by atoms with Crippen LogP contribution in [0.2, 0.25) is 0 Å². The van der Waals surface area contributed by atoms with Crippen LogP contribution in [-0.2, 0) is 16.0 Å². The van der Waals surface area contributed by atoms with Gasteiger partial charge in [0, 0.05) is 0 Å². The first-order valence-corrected chi connectivity index (χ1v) is 6.00. The molecular formula is C14H19NO4. The lowest BCUT2D eigenvalue weighted by atomic mass is 10.0. The number of aromatic carboxylic acids is 1. The fourth-order valence-corrected chi connectivity index (χ4v) is 1.55. The molecule has 0 fully saturated rings. The largest absolute Gasteiger partial charge is 0.478 e. The second-order valence-electron chi connectivity index (χ2n) is 5.35. The van der Waals surface area contributed by atoms with Crippen LogP contribution < -0.4 is 5.73 Å². The summed E-state index contributed by atoms with van der Waals surface area (Å²) in [5, 5.41) is 8.88. The lowest BCUT2D eigenvalue weighted by Gasteiger charge is -2.22. The summed E-state index contributed by atoms with van der Waals surface area (Å²) in [6.07, 6.45) is 0.246. The van der Waals surface area contributed by atoms with Gasteiger partial charge in [0.1, 0.15) is 11.6 Å². The van der Waals surface area contributed by atoms with Crippen LogP contribution in [0.3, 0.4) is 0 Å². The number of benzene rings is 1. The Hall–Kier alpha value is -1.88. The fourth-order valence-electron chi connectivity index (χ4n) is 1.55. The molecule has 1 rings (SSSR count). The molecule has 1 aromatic rings. The molecule has 3 N–H and O–H groups in total. The van der Waals surface area contributed by atoms with Crippen LogP contribution in [0.1, 0.15) is 36.7 Å². The second kappa shape index (κ2) is 5.84. The summed E-state index contributed by atoms with van der Waals surface area (Å²) < 4.78 is 5.17. The first-order chi connectivity index (χ1) is 8.69. The highest BCUT2D eigenvalue weighted by Gasteiger charge is 2.22. The van der Waals surface area contributed by atoms with Crippen LogP contribution in [0, 0.1) is 0 Å². The molecule has 5 nitrogen and oxygen atoms in total. The smallest absolute Gasteiger partial charge is 0.335 e. The molecule has 0 amide bonds. The molecule has 0 radical (unpaired) electrons. The predicted octanol–water partition coefficient (Wildman–Crippen LogP) is 1.60. The van der Waals surface area contributed by atoms with Crippen molar-refractivity contribution in [2.75, 3.05) is 0 Å². The summed E-state index contributed by atoms with van der Waals surface area (Å²) in [5.41, 5.74) is 6.04. The van der Waals surface area contributed by atoms with Crippen LogP contribution in [0.5, 0.6) is 0 Å². The lowest BCUT2D eigenvalue weighted by molar-refractivity contribution is -0.156. The van der Waals surface area contributed by atoms with Crippen LogP contribution in [0.25, 0.3) is 0 Å². The van der Waals surface area contributed by atoms with Crippen molar-refractivity contribution >= 4 is 11.9 Å². The molecule has 1 unspecified atom stereocenters. The van der Waals surface area contributed by atoms with Gasteiger partial charge in [0.2, 0.25) is 0 Å². The molecule has 1 aromatic carbocycles. The average molecular weight is 265 g/mol. The van der Waals surface area contributed by atoms with Gasteiger partial charge < -0.3 is 15.6 Å². The predicted molar refractivity (Wildman–Crippen MR) is 70.9 cm³/mol. The highest BCUT2D eigenvalue weighted by atomic mass is 16.6. The maximum atomic E-state index is 11.7. The molecule has 0 heterocycles. The van der Waals surface area contributed by atoms with E-state index in [0.29, 0.717) is 5.56 Å². The van der Waals surface area contributed by atoms with E-state index in [0.717, 1.165) is 0 Å². The number of ether oxygens (including phenoxy) is 1. The lowest BCUT2D eigenvalue weighted by Crippen LogP contribution is -2.38. The molecule has 1 atom stereocenters. The van der Waals surface area contributed by atoms with E-state index in [4.69, 9.17) is 15.6 Å². The van der Waals surface area contributed by atoms with Crippen molar-refractivity contribution in [3.8, 4) is 0 Å². The topological polar surface area (TPSA) is 89.6 Å². The van der Waals surface area contributed by atoms with E-state index < -0.39 is 23.6 Å². The van der Waals surface area contributed by atoms with E-state index in [1.165, 1.54) is 12.1 Å². The van der Waals surface area contributed by atoms with Gasteiger partial charge in [0.25, 0.3) is 0 Å². The molecule has 0 saturated carbocycles. The standard InChI is InChI=1S/C14H19NO4/c1-14(2,3)19-13(18)11(15)8-9-5-4-6-10(7-9)12(16)17/h4-7,11H,8,15H2,1-3H3,(H,16,17). The number of hydrogen-bond donors (Lipinski definition) is 2. The second-order valence-corrected chi connectivity index (χ2v) is 5.35. The summed E-state index contributed by atoms with van der Waals surface area (Å²) in [5.74, 6) is -1.50. The van der Waals surface area contributed by atoms with E-state index in [2.05, 4.69) is 0 Å². The van der Waals surface area contributed by atoms with Crippen LogP contribution >= 0.6 is 0 Å². The van der Waals surface area contributed by atoms with Crippen molar-refractivity contribution in [1.29, 1.82) is 0 Å². The Bertz CT molecular complexity index is 477. The average Bonchev–Trinajstić information content (AvgIpc) is 2.27. The van der Waals surface area contributed by atoms with E-state index in [-0.39, 0.29) is 12.0 Å². The molecule has 104 valence electrons. The molecule has 0 aliphatic carbocycles. The molecule has 0 spiro atoms. The minimum Gasteiger partial charge on any atom is -0.478 e. The van der Waals surface area contributed by atoms with E-state index >= 15 is 0 Å². The van der Waals surface area contributed by atoms with Gasteiger partial charge in [-0.25, -0.2) is 4.79 Å². The summed E-state index contributed by atoms with van der Waals surface area (Å²) in [4.78, 5) is 22.6. The summed E-state index contributed by atoms with van der Waals surface area (Å²) in [6, 6.07) is 5.55. The number of carbonyl (C=O) groups is 2. The van der Waals surface area contributed by atoms with Crippen molar-refractivity contribution in [1.82, 2.24) is 0 Å². The van der Waals surface area contributed by atoms with Crippen LogP contribution in [0.4, 0.5) is 0 Å². The Labute approximate surface area is 112 Å². The Morgan fingerprint density at radius 2 is 2.00 bits per heavy atom. The summed E-state index contributed by atoms with van der Waals surface area (Å²) in [6.45, 7) is 5.30. The zero-order valence-electron chi connectivity index (χ0n) is 11.3. The van der Waals surface area contributed by atoms with Gasteiger partial charge >= 0.3 is 11.9 Å². The number of rotatable bonds is 4. The first kappa shape index (κ1) is 15.2. The zero-order valence-corrected chi connectivity index (χ0v) is 11.3. The Kier molecular flexibility index (Phi) is 4.67. The SMILES string of the molecule is CC(C)(C)OC(=O)C(N)Cc1cccc(C(=O)O)c1. The third-order valence-corrected chi connectivity index (χ3v) is 2.34. The quantitative estimate of drug-likeness (QED) is 0.807. The van der Waals surface area contributed by atoms with Gasteiger partial charge in [-0.2, -0.15) is 0 Å². The fraction of sp³-hybridized carbons (Fsp3) is 0.429. The number of carboxylic acids is 1. The zero-order chi connectivity index (χ0) is 14.6. The van der Waals surface area contributed by atoms with Crippen molar-refractivity contribution < 1.29 is 19.4 Å². The number of nitrogens with two attached hydrogens (primary N) is 1. The van der Waals surface area contributed by atoms with Gasteiger partial charge in [-0.15, -0.1) is 0 Å². The number of carbonyl (C=O) groups excluding carboxylic acids is 1. The number of hydrogen-bond acceptors (Lipinski definition) is 4. The Morgan fingerprint density at radius 3 is 2.53 bits per heavy atom. The minimum atomic E-state index is -1.01. The van der Waals surface area contributed by atoms with Crippen LogP contribution in [0.15, 0.2) is 24.3 Å². The molecule has 0 saturated heterocycles. The highest BCUT2D eigenvalue weighted by Crippen LogP contribution is 2.11. The molecule has 0 aromatic heterocycles. The number of carboxylic acid groups (broad SMARTS) is 1. The molecule has 0 bridgehead atoms. The summed E-state index contributed by atoms with van der Waals surface area (Å²) in [7, 11) is 0. The van der Waals surface area contributed by atoms with E-state index in [1.54, 1.807) is 32.9 Å². The van der Waals surface area contributed by atoms with Gasteiger partial charge in [-0.05, 0) is 44.9 Å². The van der Waals surface area contributed by atoms with Crippen molar-refractivity contribution in [3.63, 3.8) is 0 Å². The molecule has 19 heavy (non-hydrogen) atoms. The maximum Gasteiger partial charge on any atom is 0.335 e. The van der Waals surface area contributed by atoms with Gasteiger partial charge in [0.15, 0.2) is 0 Å². The van der Waals surface area contributed by atoms with Crippen molar-refractivity contribution in [3.05, 3.63) is 35.4 Å². The Morgan fingerprint density at radius 1 is 1.37 bits per heavy atom. The highest BCUT2D eigenvalue weighted by molar-refractivity contribution is 5.87. The third kappa shape index (κ3) is 5.09. The molecular weight excluding hydrogens is 246 g/mol. The van der Waals surface area contributed by atoms with E-state index in [9.17, 15) is 9.59 Å². The van der Waals surface area contributed by atoms with Gasteiger partial charge in [0.05, 0.1) is 5.56 Å². The number of esters is 1. The summed E-state index contributed by atoms with van der Waals surface area (Å²) >= 11 is 0. The third-order valence-electron chi connectivity index (χ3n) is 2.34. The monoisotopic (exact) mass is 265 g/mol. The first-order valence-electron chi connectivity index (χ1n) is 6.00. The normalized spacial score (nSPS) is 12.8. The molecule has 5 heteroatoms. The van der Waals surface area contributed by atoms with Crippen molar-refractivity contribution in [2.45, 2.75) is 38.8 Å². The molecule has 0 aliphatic heterocycles. The van der Waals surface area contributed by atoms with E-state index in [1.807, 2.05) is 0 Å². The maximum absolute atomic E-state index is 11.7. The van der Waals surface area contributed by atoms with Gasteiger partial charge in [-0.1, -0.05) is 12.1 Å². The molecule has 0 aliphatic rings. The minimum absolute atomic E-state index is 0.175. The van der Waals surface area contributed by atoms with Crippen molar-refractivity contribution in [2.24, 2.45) is 5.73 Å². The van der Waals surface area contributed by atoms with Gasteiger partial charge in [-0.3, -0.25) is 4.79 Å².